The lowest BCUT2D eigenvalue weighted by molar-refractivity contribution is 0.146. The molecular formula is C18H28ClN. The van der Waals surface area contributed by atoms with Gasteiger partial charge in [-0.3, -0.25) is 0 Å². The van der Waals surface area contributed by atoms with Crippen LogP contribution in [0, 0.1) is 23.7 Å². The molecule has 1 aromatic carbocycles. The summed E-state index contributed by atoms with van der Waals surface area (Å²) >= 11 is 6.13. The Labute approximate surface area is 129 Å². The molecule has 2 rings (SSSR count). The highest BCUT2D eigenvalue weighted by molar-refractivity contribution is 6.30. The van der Waals surface area contributed by atoms with Crippen LogP contribution in [0.2, 0.25) is 5.02 Å². The van der Waals surface area contributed by atoms with Crippen LogP contribution in [0.25, 0.3) is 0 Å². The summed E-state index contributed by atoms with van der Waals surface area (Å²) in [6, 6.07) is 8.40. The number of benzene rings is 1. The monoisotopic (exact) mass is 293 g/mol. The van der Waals surface area contributed by atoms with Crippen molar-refractivity contribution in [2.75, 3.05) is 13.6 Å². The molecule has 0 amide bonds. The predicted octanol–water partition coefficient (Wildman–Crippen LogP) is 4.79. The van der Waals surface area contributed by atoms with Gasteiger partial charge in [0.25, 0.3) is 0 Å². The van der Waals surface area contributed by atoms with Gasteiger partial charge in [0.05, 0.1) is 0 Å². The number of hydrogen-bond donors (Lipinski definition) is 1. The topological polar surface area (TPSA) is 12.0 Å². The van der Waals surface area contributed by atoms with Gasteiger partial charge in [-0.05, 0) is 80.6 Å². The van der Waals surface area contributed by atoms with Crippen LogP contribution in [-0.2, 0) is 6.42 Å². The molecule has 0 spiro atoms. The quantitative estimate of drug-likeness (QED) is 0.823. The van der Waals surface area contributed by atoms with Gasteiger partial charge in [0, 0.05) is 5.02 Å². The molecule has 1 saturated carbocycles. The van der Waals surface area contributed by atoms with Crippen molar-refractivity contribution in [2.24, 2.45) is 23.7 Å². The highest BCUT2D eigenvalue weighted by atomic mass is 35.5. The first-order valence-electron chi connectivity index (χ1n) is 7.99. The van der Waals surface area contributed by atoms with Gasteiger partial charge in [0.15, 0.2) is 0 Å². The smallest absolute Gasteiger partial charge is 0.0408 e. The summed E-state index contributed by atoms with van der Waals surface area (Å²) in [5.74, 6) is 3.32. The summed E-state index contributed by atoms with van der Waals surface area (Å²) in [6.07, 6.45) is 5.32. The lowest BCUT2D eigenvalue weighted by Crippen LogP contribution is -2.34. The van der Waals surface area contributed by atoms with Gasteiger partial charge >= 0.3 is 0 Å². The highest BCUT2D eigenvalue weighted by Crippen LogP contribution is 2.39. The molecule has 20 heavy (non-hydrogen) atoms. The molecule has 3 unspecified atom stereocenters. The number of halogens is 1. The number of nitrogens with one attached hydrogen (secondary N) is 1. The first-order valence-corrected chi connectivity index (χ1v) is 8.37. The second-order valence-electron chi connectivity index (χ2n) is 6.73. The average Bonchev–Trinajstić information content (AvgIpc) is 2.41. The maximum absolute atomic E-state index is 6.13. The molecule has 3 atom stereocenters. The molecule has 0 aliphatic heterocycles. The van der Waals surface area contributed by atoms with Crippen LogP contribution in [0.5, 0.6) is 0 Å². The number of rotatable bonds is 5. The molecule has 112 valence electrons. The molecule has 0 radical (unpaired) electrons. The Morgan fingerprint density at radius 2 is 2.05 bits per heavy atom. The van der Waals surface area contributed by atoms with E-state index in [1.165, 1.54) is 31.2 Å². The SMILES string of the molecule is CNCC1CCC(C(C)C)CC1Cc1cccc(Cl)c1. The van der Waals surface area contributed by atoms with Crippen molar-refractivity contribution in [3.05, 3.63) is 34.9 Å². The van der Waals surface area contributed by atoms with Crippen molar-refractivity contribution in [3.63, 3.8) is 0 Å². The summed E-state index contributed by atoms with van der Waals surface area (Å²) in [7, 11) is 2.07. The van der Waals surface area contributed by atoms with E-state index in [-0.39, 0.29) is 0 Å². The molecule has 1 aliphatic carbocycles. The van der Waals surface area contributed by atoms with Crippen LogP contribution in [0.4, 0.5) is 0 Å². The van der Waals surface area contributed by atoms with E-state index in [1.807, 2.05) is 6.07 Å². The molecule has 0 bridgehead atoms. The Morgan fingerprint density at radius 1 is 1.25 bits per heavy atom. The van der Waals surface area contributed by atoms with Gasteiger partial charge in [-0.2, -0.15) is 0 Å². The van der Waals surface area contributed by atoms with Gasteiger partial charge in [0.1, 0.15) is 0 Å². The molecule has 1 fully saturated rings. The van der Waals surface area contributed by atoms with Gasteiger partial charge in [0.2, 0.25) is 0 Å². The fourth-order valence-corrected chi connectivity index (χ4v) is 3.93. The highest BCUT2D eigenvalue weighted by Gasteiger charge is 2.31. The Balaban J connectivity index is 2.06. The standard InChI is InChI=1S/C18H28ClN/c1-13(2)15-7-8-16(12-20-3)17(11-15)9-14-5-4-6-18(19)10-14/h4-6,10,13,15-17,20H,7-9,11-12H2,1-3H3. The normalized spacial score (nSPS) is 26.9. The van der Waals surface area contributed by atoms with E-state index in [2.05, 4.69) is 44.4 Å². The van der Waals surface area contributed by atoms with E-state index in [1.54, 1.807) is 0 Å². The molecule has 1 aliphatic rings. The fraction of sp³-hybridized carbons (Fsp3) is 0.667. The Kier molecular flexibility index (Phi) is 5.92. The minimum atomic E-state index is 0.794. The first kappa shape index (κ1) is 15.9. The molecule has 0 saturated heterocycles. The summed E-state index contributed by atoms with van der Waals surface area (Å²) < 4.78 is 0. The lowest BCUT2D eigenvalue weighted by atomic mass is 9.69. The van der Waals surface area contributed by atoms with Crippen molar-refractivity contribution < 1.29 is 0 Å². The first-order chi connectivity index (χ1) is 9.60. The summed E-state index contributed by atoms with van der Waals surface area (Å²) in [5.41, 5.74) is 1.40. The minimum Gasteiger partial charge on any atom is -0.319 e. The summed E-state index contributed by atoms with van der Waals surface area (Å²) in [5, 5.41) is 4.25. The van der Waals surface area contributed by atoms with Gasteiger partial charge in [-0.25, -0.2) is 0 Å². The van der Waals surface area contributed by atoms with Crippen LogP contribution < -0.4 is 5.32 Å². The van der Waals surface area contributed by atoms with Crippen molar-refractivity contribution >= 4 is 11.6 Å². The molecule has 1 aromatic rings. The maximum Gasteiger partial charge on any atom is 0.0408 e. The Morgan fingerprint density at radius 3 is 2.70 bits per heavy atom. The van der Waals surface area contributed by atoms with Crippen LogP contribution in [0.1, 0.15) is 38.7 Å². The molecule has 0 aromatic heterocycles. The van der Waals surface area contributed by atoms with Crippen LogP contribution in [0.15, 0.2) is 24.3 Å². The van der Waals surface area contributed by atoms with Crippen molar-refractivity contribution in [3.8, 4) is 0 Å². The zero-order chi connectivity index (χ0) is 14.5. The Bertz CT molecular complexity index is 416. The van der Waals surface area contributed by atoms with E-state index >= 15 is 0 Å². The average molecular weight is 294 g/mol. The largest absolute Gasteiger partial charge is 0.319 e. The Hall–Kier alpha value is -0.530. The van der Waals surface area contributed by atoms with E-state index < -0.39 is 0 Å². The van der Waals surface area contributed by atoms with Gasteiger partial charge in [-0.15, -0.1) is 0 Å². The van der Waals surface area contributed by atoms with Gasteiger partial charge in [-0.1, -0.05) is 37.6 Å². The van der Waals surface area contributed by atoms with E-state index in [0.717, 1.165) is 35.2 Å². The predicted molar refractivity (Wildman–Crippen MR) is 88.2 cm³/mol. The zero-order valence-corrected chi connectivity index (χ0v) is 13.8. The maximum atomic E-state index is 6.13. The van der Waals surface area contributed by atoms with Crippen molar-refractivity contribution in [1.29, 1.82) is 0 Å². The van der Waals surface area contributed by atoms with Crippen molar-refractivity contribution in [2.45, 2.75) is 39.5 Å². The zero-order valence-electron chi connectivity index (χ0n) is 13.0. The van der Waals surface area contributed by atoms with Crippen LogP contribution >= 0.6 is 11.6 Å². The van der Waals surface area contributed by atoms with Crippen LogP contribution in [0.3, 0.4) is 0 Å². The fourth-order valence-electron chi connectivity index (χ4n) is 3.72. The third kappa shape index (κ3) is 4.23. The van der Waals surface area contributed by atoms with E-state index in [9.17, 15) is 0 Å². The van der Waals surface area contributed by atoms with Crippen LogP contribution in [-0.4, -0.2) is 13.6 Å². The summed E-state index contributed by atoms with van der Waals surface area (Å²) in [6.45, 7) is 5.90. The lowest BCUT2D eigenvalue weighted by Gasteiger charge is -2.38. The molecular weight excluding hydrogens is 266 g/mol. The molecule has 2 heteroatoms. The second kappa shape index (κ2) is 7.47. The second-order valence-corrected chi connectivity index (χ2v) is 7.17. The molecule has 0 heterocycles. The minimum absolute atomic E-state index is 0.794. The molecule has 1 nitrogen and oxygen atoms in total. The van der Waals surface area contributed by atoms with E-state index in [0.29, 0.717) is 0 Å². The van der Waals surface area contributed by atoms with Crippen molar-refractivity contribution in [1.82, 2.24) is 5.32 Å². The summed E-state index contributed by atoms with van der Waals surface area (Å²) in [4.78, 5) is 0. The third-order valence-electron chi connectivity index (χ3n) is 4.98. The number of hydrogen-bond acceptors (Lipinski definition) is 1. The third-order valence-corrected chi connectivity index (χ3v) is 5.21. The van der Waals surface area contributed by atoms with Gasteiger partial charge < -0.3 is 5.32 Å². The van der Waals surface area contributed by atoms with E-state index in [4.69, 9.17) is 11.6 Å². The molecule has 1 N–H and O–H groups in total.